The van der Waals surface area contributed by atoms with E-state index in [0.717, 1.165) is 22.5 Å². The first-order valence-corrected chi connectivity index (χ1v) is 6.11. The summed E-state index contributed by atoms with van der Waals surface area (Å²) in [6.45, 7) is 2.04. The number of para-hydroxylation sites is 1. The maximum absolute atomic E-state index is 10.5. The van der Waals surface area contributed by atoms with Crippen LogP contribution in [0.5, 0.6) is 5.75 Å². The van der Waals surface area contributed by atoms with Crippen LogP contribution >= 0.6 is 11.8 Å². The van der Waals surface area contributed by atoms with Crippen molar-refractivity contribution in [1.29, 1.82) is 0 Å². The van der Waals surface area contributed by atoms with Gasteiger partial charge >= 0.3 is 0 Å². The number of benzene rings is 1. The molecule has 0 heterocycles. The van der Waals surface area contributed by atoms with Crippen LogP contribution in [0, 0.1) is 0 Å². The number of carbonyl (C=O) groups excluding carboxylic acids is 1. The van der Waals surface area contributed by atoms with Gasteiger partial charge in [0, 0.05) is 11.3 Å². The van der Waals surface area contributed by atoms with E-state index >= 15 is 0 Å². The Morgan fingerprint density at radius 1 is 1.53 bits per heavy atom. The van der Waals surface area contributed by atoms with E-state index < -0.39 is 0 Å². The number of hydrogen-bond acceptors (Lipinski definition) is 3. The van der Waals surface area contributed by atoms with Gasteiger partial charge in [-0.05, 0) is 23.8 Å². The second kappa shape index (κ2) is 5.81. The second-order valence-corrected chi connectivity index (χ2v) is 4.23. The normalized spacial score (nSPS) is 12.2. The van der Waals surface area contributed by atoms with Crippen LogP contribution in [0.2, 0.25) is 0 Å². The van der Waals surface area contributed by atoms with Crippen LogP contribution in [0.1, 0.15) is 24.8 Å². The highest BCUT2D eigenvalue weighted by Gasteiger charge is 2.13. The Hall–Kier alpha value is -0.960. The van der Waals surface area contributed by atoms with Gasteiger partial charge in [-0.2, -0.15) is 0 Å². The summed E-state index contributed by atoms with van der Waals surface area (Å²) < 4.78 is 5.40. The van der Waals surface area contributed by atoms with Crippen molar-refractivity contribution in [2.24, 2.45) is 0 Å². The van der Waals surface area contributed by atoms with Crippen LogP contribution in [-0.4, -0.2) is 19.7 Å². The highest BCUT2D eigenvalue weighted by atomic mass is 32.2. The predicted molar refractivity (Wildman–Crippen MR) is 63.9 cm³/mol. The number of carbonyl (C=O) groups is 1. The fraction of sp³-hybridized carbons (Fsp3) is 0.417. The zero-order chi connectivity index (χ0) is 11.3. The Balaban J connectivity index is 3.10. The average molecular weight is 224 g/mol. The number of aldehydes is 1. The molecule has 1 aromatic rings. The van der Waals surface area contributed by atoms with Crippen LogP contribution in [0.3, 0.4) is 0 Å². The van der Waals surface area contributed by atoms with E-state index in [2.05, 4.69) is 0 Å². The van der Waals surface area contributed by atoms with E-state index in [1.807, 2.05) is 31.4 Å². The zero-order valence-electron chi connectivity index (χ0n) is 9.32. The van der Waals surface area contributed by atoms with E-state index in [1.165, 1.54) is 0 Å². The highest BCUT2D eigenvalue weighted by Crippen LogP contribution is 2.35. The molecule has 3 heteroatoms. The molecule has 1 atom stereocenters. The quantitative estimate of drug-likeness (QED) is 0.568. The molecule has 1 unspecified atom stereocenters. The maximum atomic E-state index is 10.5. The fourth-order valence-corrected chi connectivity index (χ4v) is 2.17. The smallest absolute Gasteiger partial charge is 0.135 e. The third-order valence-electron chi connectivity index (χ3n) is 2.41. The minimum atomic E-state index is 0.213. The van der Waals surface area contributed by atoms with E-state index in [4.69, 9.17) is 4.74 Å². The monoisotopic (exact) mass is 224 g/mol. The number of ether oxygens (including phenoxy) is 1. The predicted octanol–water partition coefficient (Wildman–Crippen LogP) is 3.11. The maximum Gasteiger partial charge on any atom is 0.135 e. The number of hydrogen-bond donors (Lipinski definition) is 0. The number of rotatable bonds is 5. The molecule has 0 fully saturated rings. The van der Waals surface area contributed by atoms with Gasteiger partial charge in [-0.25, -0.2) is 0 Å². The van der Waals surface area contributed by atoms with Crippen LogP contribution in [-0.2, 0) is 4.79 Å². The Labute approximate surface area is 95.0 Å². The molecule has 0 spiro atoms. The fourth-order valence-electron chi connectivity index (χ4n) is 1.57. The third-order valence-corrected chi connectivity index (χ3v) is 3.18. The summed E-state index contributed by atoms with van der Waals surface area (Å²) >= 11 is 1.66. The van der Waals surface area contributed by atoms with Gasteiger partial charge in [0.25, 0.3) is 0 Å². The Morgan fingerprint density at radius 3 is 2.80 bits per heavy atom. The van der Waals surface area contributed by atoms with Crippen LogP contribution in [0.15, 0.2) is 23.1 Å². The zero-order valence-corrected chi connectivity index (χ0v) is 10.1. The number of thioether (sulfide) groups is 1. The highest BCUT2D eigenvalue weighted by molar-refractivity contribution is 7.98. The molecule has 82 valence electrons. The minimum absolute atomic E-state index is 0.213. The molecule has 1 rings (SSSR count). The van der Waals surface area contributed by atoms with Crippen molar-refractivity contribution in [1.82, 2.24) is 0 Å². The molecule has 0 amide bonds. The van der Waals surface area contributed by atoms with Gasteiger partial charge in [0.2, 0.25) is 0 Å². The van der Waals surface area contributed by atoms with Gasteiger partial charge in [0.05, 0.1) is 7.11 Å². The molecular weight excluding hydrogens is 208 g/mol. The molecule has 1 aromatic carbocycles. The molecule has 0 bridgehead atoms. The summed E-state index contributed by atoms with van der Waals surface area (Å²) in [5, 5.41) is 0. The van der Waals surface area contributed by atoms with Crippen molar-refractivity contribution in [2.75, 3.05) is 13.4 Å². The molecule has 0 radical (unpaired) electrons. The number of methoxy groups -OCH3 is 1. The largest absolute Gasteiger partial charge is 0.495 e. The molecule has 2 nitrogen and oxygen atoms in total. The van der Waals surface area contributed by atoms with Crippen LogP contribution in [0.25, 0.3) is 0 Å². The molecule has 0 saturated carbocycles. The molecule has 15 heavy (non-hydrogen) atoms. The summed E-state index contributed by atoms with van der Waals surface area (Å²) in [4.78, 5) is 11.6. The van der Waals surface area contributed by atoms with Crippen molar-refractivity contribution >= 4 is 18.0 Å². The molecule has 0 aliphatic carbocycles. The molecule has 0 aliphatic rings. The summed E-state index contributed by atoms with van der Waals surface area (Å²) in [5.74, 6) is 1.11. The van der Waals surface area contributed by atoms with Crippen LogP contribution < -0.4 is 4.74 Å². The Morgan fingerprint density at radius 2 is 2.27 bits per heavy atom. The standard InChI is InChI=1S/C12H16O2S/c1-9(7-8-13)10-5-4-6-11(15-3)12(10)14-2/h4-6,8-9H,7H2,1-3H3. The van der Waals surface area contributed by atoms with Crippen molar-refractivity contribution < 1.29 is 9.53 Å². The summed E-state index contributed by atoms with van der Waals surface area (Å²) in [5.41, 5.74) is 1.11. The molecule has 0 N–H and O–H groups in total. The first-order chi connectivity index (χ1) is 7.24. The Kier molecular flexibility index (Phi) is 4.69. The first-order valence-electron chi connectivity index (χ1n) is 4.89. The van der Waals surface area contributed by atoms with Crippen molar-refractivity contribution in [3.05, 3.63) is 23.8 Å². The van der Waals surface area contributed by atoms with Gasteiger partial charge in [-0.3, -0.25) is 0 Å². The van der Waals surface area contributed by atoms with Gasteiger partial charge in [0.1, 0.15) is 12.0 Å². The van der Waals surface area contributed by atoms with Gasteiger partial charge in [0.15, 0.2) is 0 Å². The van der Waals surface area contributed by atoms with Gasteiger partial charge < -0.3 is 9.53 Å². The lowest BCUT2D eigenvalue weighted by atomic mass is 9.97. The lowest BCUT2D eigenvalue weighted by Crippen LogP contribution is -1.99. The van der Waals surface area contributed by atoms with Crippen molar-refractivity contribution in [2.45, 2.75) is 24.2 Å². The Bertz CT molecular complexity index is 336. The topological polar surface area (TPSA) is 26.3 Å². The van der Waals surface area contributed by atoms with E-state index in [9.17, 15) is 4.79 Å². The van der Waals surface area contributed by atoms with E-state index in [1.54, 1.807) is 18.9 Å². The summed E-state index contributed by atoms with van der Waals surface area (Å²) in [6, 6.07) is 6.05. The first kappa shape index (κ1) is 12.1. The van der Waals surface area contributed by atoms with Crippen LogP contribution in [0.4, 0.5) is 0 Å². The lowest BCUT2D eigenvalue weighted by molar-refractivity contribution is -0.108. The molecule has 0 saturated heterocycles. The molecule has 0 aliphatic heterocycles. The molecular formula is C12H16O2S. The summed E-state index contributed by atoms with van der Waals surface area (Å²) in [7, 11) is 1.67. The van der Waals surface area contributed by atoms with Crippen molar-refractivity contribution in [3.63, 3.8) is 0 Å². The minimum Gasteiger partial charge on any atom is -0.495 e. The summed E-state index contributed by atoms with van der Waals surface area (Å²) in [6.07, 6.45) is 3.51. The van der Waals surface area contributed by atoms with E-state index in [0.29, 0.717) is 6.42 Å². The van der Waals surface area contributed by atoms with E-state index in [-0.39, 0.29) is 5.92 Å². The second-order valence-electron chi connectivity index (χ2n) is 3.39. The SMILES string of the molecule is COc1c(SC)cccc1C(C)CC=O. The lowest BCUT2D eigenvalue weighted by Gasteiger charge is -2.15. The van der Waals surface area contributed by atoms with Gasteiger partial charge in [-0.15, -0.1) is 11.8 Å². The van der Waals surface area contributed by atoms with Crippen molar-refractivity contribution in [3.8, 4) is 5.75 Å². The third kappa shape index (κ3) is 2.75. The average Bonchev–Trinajstić information content (AvgIpc) is 2.28. The van der Waals surface area contributed by atoms with Gasteiger partial charge in [-0.1, -0.05) is 19.1 Å². The molecule has 0 aromatic heterocycles.